The van der Waals surface area contributed by atoms with Crippen molar-refractivity contribution in [2.24, 2.45) is 11.3 Å². The summed E-state index contributed by atoms with van der Waals surface area (Å²) in [5, 5.41) is 15.2. The van der Waals surface area contributed by atoms with E-state index in [1.54, 1.807) is 0 Å². The summed E-state index contributed by atoms with van der Waals surface area (Å²) in [6, 6.07) is 0. The van der Waals surface area contributed by atoms with Gasteiger partial charge in [0.15, 0.2) is 0 Å². The van der Waals surface area contributed by atoms with Crippen LogP contribution in [0.2, 0.25) is 0 Å². The Balaban J connectivity index is 2.28. The number of hydrogen-bond acceptors (Lipinski definition) is 3. The lowest BCUT2D eigenvalue weighted by atomic mass is 9.93. The molecule has 0 aromatic carbocycles. The van der Waals surface area contributed by atoms with Crippen molar-refractivity contribution in [1.82, 2.24) is 10.6 Å². The van der Waals surface area contributed by atoms with Crippen LogP contribution in [0.4, 0.5) is 0 Å². The van der Waals surface area contributed by atoms with Gasteiger partial charge < -0.3 is 15.7 Å². The topological polar surface area (TPSA) is 61.4 Å². The van der Waals surface area contributed by atoms with Crippen LogP contribution in [0.25, 0.3) is 0 Å². The first-order valence-corrected chi connectivity index (χ1v) is 5.64. The zero-order valence-corrected chi connectivity index (χ0v) is 9.68. The van der Waals surface area contributed by atoms with Crippen LogP contribution in [0.1, 0.15) is 26.7 Å². The molecule has 0 aromatic rings. The van der Waals surface area contributed by atoms with Crippen molar-refractivity contribution >= 4 is 5.91 Å². The van der Waals surface area contributed by atoms with E-state index in [0.717, 1.165) is 25.9 Å². The molecule has 4 heteroatoms. The van der Waals surface area contributed by atoms with Crippen molar-refractivity contribution in [2.75, 3.05) is 26.2 Å². The highest BCUT2D eigenvalue weighted by Gasteiger charge is 2.23. The lowest BCUT2D eigenvalue weighted by molar-refractivity contribution is -0.126. The summed E-state index contributed by atoms with van der Waals surface area (Å²) >= 11 is 0. The zero-order valence-electron chi connectivity index (χ0n) is 9.68. The lowest BCUT2D eigenvalue weighted by Crippen LogP contribution is -2.42. The molecule has 0 aliphatic carbocycles. The van der Waals surface area contributed by atoms with Gasteiger partial charge in [0.25, 0.3) is 0 Å². The van der Waals surface area contributed by atoms with Crippen molar-refractivity contribution in [3.05, 3.63) is 0 Å². The molecule has 1 aliphatic rings. The van der Waals surface area contributed by atoms with E-state index >= 15 is 0 Å². The van der Waals surface area contributed by atoms with Crippen LogP contribution >= 0.6 is 0 Å². The third kappa shape index (κ3) is 4.18. The van der Waals surface area contributed by atoms with E-state index in [1.807, 2.05) is 13.8 Å². The van der Waals surface area contributed by atoms with Crippen LogP contribution in [0.5, 0.6) is 0 Å². The first-order chi connectivity index (χ1) is 7.05. The number of aliphatic hydroxyl groups is 1. The third-order valence-corrected chi connectivity index (χ3v) is 2.88. The first-order valence-electron chi connectivity index (χ1n) is 5.64. The summed E-state index contributed by atoms with van der Waals surface area (Å²) in [6.45, 7) is 6.39. The van der Waals surface area contributed by atoms with Gasteiger partial charge in [-0.15, -0.1) is 0 Å². The highest BCUT2D eigenvalue weighted by molar-refractivity contribution is 5.78. The van der Waals surface area contributed by atoms with Gasteiger partial charge in [0.1, 0.15) is 0 Å². The molecule has 1 fully saturated rings. The van der Waals surface area contributed by atoms with E-state index in [-0.39, 0.29) is 23.8 Å². The Kier molecular flexibility index (Phi) is 4.54. The Hall–Kier alpha value is -0.610. The van der Waals surface area contributed by atoms with E-state index in [4.69, 9.17) is 5.11 Å². The molecule has 1 aliphatic heterocycles. The van der Waals surface area contributed by atoms with Crippen LogP contribution in [0.15, 0.2) is 0 Å². The molecule has 0 bridgehead atoms. The molecular formula is C11H22N2O2. The van der Waals surface area contributed by atoms with Gasteiger partial charge in [-0.1, -0.05) is 13.8 Å². The minimum atomic E-state index is -0.220. The second kappa shape index (κ2) is 5.47. The van der Waals surface area contributed by atoms with Gasteiger partial charge in [0, 0.05) is 24.5 Å². The van der Waals surface area contributed by atoms with Crippen molar-refractivity contribution in [3.8, 4) is 0 Å². The smallest absolute Gasteiger partial charge is 0.223 e. The van der Waals surface area contributed by atoms with Crippen molar-refractivity contribution in [2.45, 2.75) is 26.7 Å². The number of carbonyl (C=O) groups excluding carboxylic acids is 1. The summed E-state index contributed by atoms with van der Waals surface area (Å²) in [4.78, 5) is 11.7. The number of carbonyl (C=O) groups is 1. The molecule has 3 N–H and O–H groups in total. The predicted molar refractivity (Wildman–Crippen MR) is 59.5 cm³/mol. The van der Waals surface area contributed by atoms with Gasteiger partial charge in [-0.25, -0.2) is 0 Å². The predicted octanol–water partition coefficient (Wildman–Crippen LogP) is 0.121. The molecule has 0 atom stereocenters. The Labute approximate surface area is 91.4 Å². The standard InChI is InChI=1S/C11H22N2O2/c1-11(2,8-14)7-13-10(15)9-3-5-12-6-4-9/h9,12,14H,3-8H2,1-2H3,(H,13,15). The van der Waals surface area contributed by atoms with Gasteiger partial charge in [-0.2, -0.15) is 0 Å². The normalized spacial score (nSPS) is 18.9. The van der Waals surface area contributed by atoms with Crippen LogP contribution in [-0.2, 0) is 4.79 Å². The highest BCUT2D eigenvalue weighted by Crippen LogP contribution is 2.14. The maximum absolute atomic E-state index is 11.7. The summed E-state index contributed by atoms with van der Waals surface area (Å²) in [5.74, 6) is 0.291. The molecule has 0 saturated carbocycles. The molecule has 0 aromatic heterocycles. The minimum absolute atomic E-state index is 0.0967. The summed E-state index contributed by atoms with van der Waals surface area (Å²) in [7, 11) is 0. The van der Waals surface area contributed by atoms with Crippen LogP contribution in [-0.4, -0.2) is 37.3 Å². The second-order valence-corrected chi connectivity index (χ2v) is 5.06. The largest absolute Gasteiger partial charge is 0.396 e. The van der Waals surface area contributed by atoms with Gasteiger partial charge in [0.05, 0.1) is 0 Å². The molecule has 1 rings (SSSR count). The maximum atomic E-state index is 11.7. The fourth-order valence-electron chi connectivity index (χ4n) is 1.61. The van der Waals surface area contributed by atoms with Crippen molar-refractivity contribution in [1.29, 1.82) is 0 Å². The zero-order chi connectivity index (χ0) is 11.3. The molecular weight excluding hydrogens is 192 g/mol. The third-order valence-electron chi connectivity index (χ3n) is 2.88. The fourth-order valence-corrected chi connectivity index (χ4v) is 1.61. The lowest BCUT2D eigenvalue weighted by Gasteiger charge is -2.26. The SMILES string of the molecule is CC(C)(CO)CNC(=O)C1CCNCC1. The molecule has 1 amide bonds. The quantitative estimate of drug-likeness (QED) is 0.623. The average Bonchev–Trinajstić information content (AvgIpc) is 2.27. The summed E-state index contributed by atoms with van der Waals surface area (Å²) in [6.07, 6.45) is 1.84. The van der Waals surface area contributed by atoms with Crippen LogP contribution in [0, 0.1) is 11.3 Å². The molecule has 15 heavy (non-hydrogen) atoms. The Bertz CT molecular complexity index is 211. The molecule has 0 radical (unpaired) electrons. The number of rotatable bonds is 4. The highest BCUT2D eigenvalue weighted by atomic mass is 16.3. The maximum Gasteiger partial charge on any atom is 0.223 e. The van der Waals surface area contributed by atoms with Crippen molar-refractivity contribution < 1.29 is 9.90 Å². The minimum Gasteiger partial charge on any atom is -0.396 e. The van der Waals surface area contributed by atoms with Gasteiger partial charge >= 0.3 is 0 Å². The van der Waals surface area contributed by atoms with E-state index in [0.29, 0.717) is 6.54 Å². The first kappa shape index (κ1) is 12.5. The Morgan fingerprint density at radius 1 is 1.47 bits per heavy atom. The van der Waals surface area contributed by atoms with Gasteiger partial charge in [-0.05, 0) is 25.9 Å². The molecule has 1 saturated heterocycles. The summed E-state index contributed by atoms with van der Waals surface area (Å²) < 4.78 is 0. The van der Waals surface area contributed by atoms with Gasteiger partial charge in [0.2, 0.25) is 5.91 Å². The van der Waals surface area contributed by atoms with Crippen LogP contribution < -0.4 is 10.6 Å². The fraction of sp³-hybridized carbons (Fsp3) is 0.909. The molecule has 4 nitrogen and oxygen atoms in total. The molecule has 1 heterocycles. The van der Waals surface area contributed by atoms with E-state index in [2.05, 4.69) is 10.6 Å². The van der Waals surface area contributed by atoms with Crippen molar-refractivity contribution in [3.63, 3.8) is 0 Å². The van der Waals surface area contributed by atoms with E-state index < -0.39 is 0 Å². The summed E-state index contributed by atoms with van der Waals surface area (Å²) in [5.41, 5.74) is -0.220. The molecule has 88 valence electrons. The van der Waals surface area contributed by atoms with E-state index in [1.165, 1.54) is 0 Å². The monoisotopic (exact) mass is 214 g/mol. The number of nitrogens with one attached hydrogen (secondary N) is 2. The van der Waals surface area contributed by atoms with E-state index in [9.17, 15) is 4.79 Å². The Morgan fingerprint density at radius 3 is 2.60 bits per heavy atom. The second-order valence-electron chi connectivity index (χ2n) is 5.06. The molecule has 0 spiro atoms. The van der Waals surface area contributed by atoms with Gasteiger partial charge in [-0.3, -0.25) is 4.79 Å². The Morgan fingerprint density at radius 2 is 2.07 bits per heavy atom. The molecule has 0 unspecified atom stereocenters. The number of piperidine rings is 1. The number of aliphatic hydroxyl groups excluding tert-OH is 1. The number of amides is 1. The average molecular weight is 214 g/mol. The van der Waals surface area contributed by atoms with Crippen LogP contribution in [0.3, 0.4) is 0 Å². The number of hydrogen-bond donors (Lipinski definition) is 3.